The van der Waals surface area contributed by atoms with Crippen LogP contribution in [0, 0.1) is 0 Å². The Morgan fingerprint density at radius 3 is 2.52 bits per heavy atom. The summed E-state index contributed by atoms with van der Waals surface area (Å²) in [4.78, 5) is 15.2. The lowest BCUT2D eigenvalue weighted by Gasteiger charge is -2.13. The van der Waals surface area contributed by atoms with Crippen molar-refractivity contribution in [1.29, 1.82) is 0 Å². The molecule has 2 aromatic carbocycles. The molecule has 3 aromatic rings. The number of hydrogen-bond acceptors (Lipinski definition) is 3. The van der Waals surface area contributed by atoms with Crippen molar-refractivity contribution in [3.8, 4) is 5.75 Å². The van der Waals surface area contributed by atoms with E-state index in [9.17, 15) is 4.79 Å². The number of nitrogens with zero attached hydrogens (tertiary/aromatic N) is 2. The highest BCUT2D eigenvalue weighted by Gasteiger charge is 2.17. The van der Waals surface area contributed by atoms with Gasteiger partial charge < -0.3 is 14.2 Å². The quantitative estimate of drug-likeness (QED) is 0.615. The van der Waals surface area contributed by atoms with E-state index in [1.54, 1.807) is 7.11 Å². The molecule has 4 heteroatoms. The van der Waals surface area contributed by atoms with Gasteiger partial charge in [-0.3, -0.25) is 4.79 Å². The number of methoxy groups -OCH3 is 1. The third kappa shape index (κ3) is 3.74. The summed E-state index contributed by atoms with van der Waals surface area (Å²) in [5, 5.41) is 1.03. The van der Waals surface area contributed by atoms with E-state index >= 15 is 0 Å². The summed E-state index contributed by atoms with van der Waals surface area (Å²) in [7, 11) is 5.79. The molecule has 1 aromatic heterocycles. The molecule has 0 radical (unpaired) electrons. The molecule has 4 nitrogen and oxygen atoms in total. The fourth-order valence-corrected chi connectivity index (χ4v) is 3.09. The standard InChI is InChI=1S/C21H24N2O2/c1-22(2)12-7-13-23-19-11-10-18(25-3)14-17(19)15-20(23)21(24)16-8-5-4-6-9-16/h4-6,8-11,14-15H,7,12-13H2,1-3H3. The Morgan fingerprint density at radius 2 is 1.84 bits per heavy atom. The maximum Gasteiger partial charge on any atom is 0.209 e. The molecule has 0 atom stereocenters. The zero-order valence-electron chi connectivity index (χ0n) is 15.0. The zero-order valence-corrected chi connectivity index (χ0v) is 15.0. The second kappa shape index (κ2) is 7.53. The van der Waals surface area contributed by atoms with Gasteiger partial charge in [-0.2, -0.15) is 0 Å². The summed E-state index contributed by atoms with van der Waals surface area (Å²) >= 11 is 0. The minimum atomic E-state index is 0.0561. The lowest BCUT2D eigenvalue weighted by atomic mass is 10.1. The number of fused-ring (bicyclic) bond motifs is 1. The van der Waals surface area contributed by atoms with Crippen molar-refractivity contribution in [2.24, 2.45) is 0 Å². The minimum Gasteiger partial charge on any atom is -0.497 e. The molecule has 0 aliphatic rings. The van der Waals surface area contributed by atoms with Gasteiger partial charge in [0.05, 0.1) is 12.8 Å². The van der Waals surface area contributed by atoms with E-state index < -0.39 is 0 Å². The molecule has 0 N–H and O–H groups in total. The Hall–Kier alpha value is -2.59. The molecule has 0 bridgehead atoms. The van der Waals surface area contributed by atoms with Crippen molar-refractivity contribution in [2.75, 3.05) is 27.7 Å². The highest BCUT2D eigenvalue weighted by atomic mass is 16.5. The zero-order chi connectivity index (χ0) is 17.8. The molecule has 0 aliphatic heterocycles. The fourth-order valence-electron chi connectivity index (χ4n) is 3.09. The number of ketones is 1. The second-order valence-electron chi connectivity index (χ2n) is 6.46. The smallest absolute Gasteiger partial charge is 0.209 e. The number of benzene rings is 2. The van der Waals surface area contributed by atoms with Gasteiger partial charge in [-0.25, -0.2) is 0 Å². The molecule has 0 spiro atoms. The summed E-state index contributed by atoms with van der Waals surface area (Å²) < 4.78 is 7.46. The Kier molecular flexibility index (Phi) is 5.19. The molecule has 3 rings (SSSR count). The van der Waals surface area contributed by atoms with Crippen molar-refractivity contribution in [3.63, 3.8) is 0 Å². The first-order chi connectivity index (χ1) is 12.1. The third-order valence-corrected chi connectivity index (χ3v) is 4.36. The van der Waals surface area contributed by atoms with Gasteiger partial charge >= 0.3 is 0 Å². The average molecular weight is 336 g/mol. The van der Waals surface area contributed by atoms with Crippen molar-refractivity contribution in [1.82, 2.24) is 9.47 Å². The van der Waals surface area contributed by atoms with Gasteiger partial charge in [0.2, 0.25) is 5.78 Å². The van der Waals surface area contributed by atoms with Crippen LogP contribution >= 0.6 is 0 Å². The summed E-state index contributed by atoms with van der Waals surface area (Å²) in [5.41, 5.74) is 2.51. The van der Waals surface area contributed by atoms with E-state index in [0.717, 1.165) is 41.9 Å². The predicted molar refractivity (Wildman–Crippen MR) is 102 cm³/mol. The number of rotatable bonds is 7. The van der Waals surface area contributed by atoms with E-state index in [0.29, 0.717) is 5.56 Å². The molecular weight excluding hydrogens is 312 g/mol. The first kappa shape index (κ1) is 17.2. The van der Waals surface area contributed by atoms with E-state index in [1.807, 2.05) is 54.6 Å². The van der Waals surface area contributed by atoms with Gasteiger partial charge in [0.25, 0.3) is 0 Å². The first-order valence-corrected chi connectivity index (χ1v) is 8.52. The molecule has 130 valence electrons. The molecule has 0 aliphatic carbocycles. The normalized spacial score (nSPS) is 11.2. The van der Waals surface area contributed by atoms with Gasteiger partial charge in [-0.05, 0) is 51.3 Å². The molecular formula is C21H24N2O2. The number of carbonyl (C=O) groups is 1. The van der Waals surface area contributed by atoms with Gasteiger partial charge in [0, 0.05) is 23.0 Å². The van der Waals surface area contributed by atoms with Crippen LogP contribution in [0.4, 0.5) is 0 Å². The van der Waals surface area contributed by atoms with Crippen LogP contribution in [0.5, 0.6) is 5.75 Å². The van der Waals surface area contributed by atoms with E-state index in [1.165, 1.54) is 0 Å². The Balaban J connectivity index is 2.03. The topological polar surface area (TPSA) is 34.5 Å². The minimum absolute atomic E-state index is 0.0561. The number of aromatic nitrogens is 1. The number of ether oxygens (including phenoxy) is 1. The molecule has 25 heavy (non-hydrogen) atoms. The maximum atomic E-state index is 13.0. The van der Waals surface area contributed by atoms with Crippen LogP contribution in [0.1, 0.15) is 22.5 Å². The third-order valence-electron chi connectivity index (χ3n) is 4.36. The lowest BCUT2D eigenvalue weighted by molar-refractivity contribution is 0.103. The number of aryl methyl sites for hydroxylation is 1. The summed E-state index contributed by atoms with van der Waals surface area (Å²) in [6, 6.07) is 17.4. The van der Waals surface area contributed by atoms with Crippen LogP contribution in [0.15, 0.2) is 54.6 Å². The fraction of sp³-hybridized carbons (Fsp3) is 0.286. The van der Waals surface area contributed by atoms with E-state index in [-0.39, 0.29) is 5.78 Å². The van der Waals surface area contributed by atoms with Crippen molar-refractivity contribution < 1.29 is 9.53 Å². The van der Waals surface area contributed by atoms with Crippen molar-refractivity contribution in [3.05, 3.63) is 65.9 Å². The number of hydrogen-bond donors (Lipinski definition) is 0. The lowest BCUT2D eigenvalue weighted by Crippen LogP contribution is -2.17. The number of carbonyl (C=O) groups excluding carboxylic acids is 1. The Morgan fingerprint density at radius 1 is 1.08 bits per heavy atom. The largest absolute Gasteiger partial charge is 0.497 e. The van der Waals surface area contributed by atoms with Crippen LogP contribution in [-0.2, 0) is 6.54 Å². The van der Waals surface area contributed by atoms with Gasteiger partial charge in [-0.15, -0.1) is 0 Å². The monoisotopic (exact) mass is 336 g/mol. The van der Waals surface area contributed by atoms with Crippen molar-refractivity contribution in [2.45, 2.75) is 13.0 Å². The van der Waals surface area contributed by atoms with Crippen LogP contribution in [0.2, 0.25) is 0 Å². The van der Waals surface area contributed by atoms with Gasteiger partial charge in [-0.1, -0.05) is 30.3 Å². The molecule has 1 heterocycles. The molecule has 0 fully saturated rings. The summed E-state index contributed by atoms with van der Waals surface area (Å²) in [6.45, 7) is 1.79. The first-order valence-electron chi connectivity index (χ1n) is 8.52. The summed E-state index contributed by atoms with van der Waals surface area (Å²) in [6.07, 6.45) is 0.984. The Labute approximate surface area is 148 Å². The molecule has 0 saturated heterocycles. The van der Waals surface area contributed by atoms with Crippen LogP contribution in [0.25, 0.3) is 10.9 Å². The second-order valence-corrected chi connectivity index (χ2v) is 6.46. The SMILES string of the molecule is COc1ccc2c(c1)cc(C(=O)c1ccccc1)n2CCCN(C)C. The van der Waals surface area contributed by atoms with Crippen molar-refractivity contribution >= 4 is 16.7 Å². The maximum absolute atomic E-state index is 13.0. The van der Waals surface area contributed by atoms with Crippen LogP contribution in [-0.4, -0.2) is 43.0 Å². The van der Waals surface area contributed by atoms with E-state index in [2.05, 4.69) is 23.6 Å². The molecule has 0 saturated carbocycles. The highest BCUT2D eigenvalue weighted by Crippen LogP contribution is 2.26. The Bertz CT molecular complexity index is 866. The highest BCUT2D eigenvalue weighted by molar-refractivity contribution is 6.10. The average Bonchev–Trinajstić information content (AvgIpc) is 2.99. The molecule has 0 amide bonds. The summed E-state index contributed by atoms with van der Waals surface area (Å²) in [5.74, 6) is 0.859. The van der Waals surface area contributed by atoms with Gasteiger partial charge in [0.15, 0.2) is 0 Å². The predicted octanol–water partition coefficient (Wildman–Crippen LogP) is 3.83. The van der Waals surface area contributed by atoms with Gasteiger partial charge in [0.1, 0.15) is 5.75 Å². The van der Waals surface area contributed by atoms with E-state index in [4.69, 9.17) is 4.74 Å². The molecule has 0 unspecified atom stereocenters. The van der Waals surface area contributed by atoms with Crippen LogP contribution < -0.4 is 4.74 Å². The van der Waals surface area contributed by atoms with Crippen LogP contribution in [0.3, 0.4) is 0 Å².